The second kappa shape index (κ2) is 5.91. The Labute approximate surface area is 117 Å². The van der Waals surface area contributed by atoms with E-state index in [2.05, 4.69) is 21.2 Å². The molecule has 1 N–H and O–H groups in total. The lowest BCUT2D eigenvalue weighted by Crippen LogP contribution is -2.19. The van der Waals surface area contributed by atoms with Crippen LogP contribution >= 0.6 is 27.3 Å². The SMILES string of the molecule is CC(NCc1sccc1Br)c1cc(F)ccc1F. The van der Waals surface area contributed by atoms with Crippen molar-refractivity contribution in [2.24, 2.45) is 0 Å². The monoisotopic (exact) mass is 331 g/mol. The van der Waals surface area contributed by atoms with Gasteiger partial charge in [-0.3, -0.25) is 0 Å². The number of thiophene rings is 1. The molecular weight excluding hydrogens is 320 g/mol. The first-order valence-electron chi connectivity index (χ1n) is 5.48. The Hall–Kier alpha value is -0.780. The van der Waals surface area contributed by atoms with Gasteiger partial charge in [-0.1, -0.05) is 0 Å². The van der Waals surface area contributed by atoms with Gasteiger partial charge < -0.3 is 5.32 Å². The van der Waals surface area contributed by atoms with Crippen LogP contribution in [0.25, 0.3) is 0 Å². The third kappa shape index (κ3) is 3.16. The minimum absolute atomic E-state index is 0.241. The normalized spacial score (nSPS) is 12.7. The molecule has 0 aliphatic heterocycles. The maximum atomic E-state index is 13.6. The summed E-state index contributed by atoms with van der Waals surface area (Å²) in [5, 5.41) is 5.16. The maximum Gasteiger partial charge on any atom is 0.128 e. The third-order valence-corrected chi connectivity index (χ3v) is 4.61. The van der Waals surface area contributed by atoms with Crippen molar-refractivity contribution < 1.29 is 8.78 Å². The molecule has 1 aromatic carbocycles. The second-order valence-corrected chi connectivity index (χ2v) is 5.82. The molecule has 1 atom stereocenters. The molecule has 1 heterocycles. The summed E-state index contributed by atoms with van der Waals surface area (Å²) in [5.41, 5.74) is 0.350. The molecule has 2 rings (SSSR count). The Kier molecular flexibility index (Phi) is 4.48. The zero-order valence-corrected chi connectivity index (χ0v) is 12.1. The highest BCUT2D eigenvalue weighted by molar-refractivity contribution is 9.10. The van der Waals surface area contributed by atoms with Crippen LogP contribution in [0, 0.1) is 11.6 Å². The first-order valence-corrected chi connectivity index (χ1v) is 7.15. The minimum Gasteiger partial charge on any atom is -0.305 e. The summed E-state index contributed by atoms with van der Waals surface area (Å²) in [5.74, 6) is -0.806. The lowest BCUT2D eigenvalue weighted by molar-refractivity contribution is 0.520. The van der Waals surface area contributed by atoms with E-state index in [1.165, 1.54) is 6.07 Å². The van der Waals surface area contributed by atoms with Crippen molar-refractivity contribution in [3.05, 3.63) is 56.2 Å². The van der Waals surface area contributed by atoms with E-state index < -0.39 is 5.82 Å². The van der Waals surface area contributed by atoms with E-state index in [1.54, 1.807) is 11.3 Å². The Morgan fingerprint density at radius 1 is 1.33 bits per heavy atom. The van der Waals surface area contributed by atoms with E-state index >= 15 is 0 Å². The Balaban J connectivity index is 2.06. The highest BCUT2D eigenvalue weighted by atomic mass is 79.9. The van der Waals surface area contributed by atoms with E-state index in [9.17, 15) is 8.78 Å². The molecular formula is C13H12BrF2NS. The summed E-state index contributed by atoms with van der Waals surface area (Å²) in [6, 6.07) is 5.24. The van der Waals surface area contributed by atoms with E-state index in [0.29, 0.717) is 12.1 Å². The molecule has 0 aliphatic rings. The van der Waals surface area contributed by atoms with Crippen LogP contribution in [0.3, 0.4) is 0 Å². The first kappa shape index (κ1) is 13.6. The summed E-state index contributed by atoms with van der Waals surface area (Å²) in [6.45, 7) is 2.44. The molecule has 5 heteroatoms. The van der Waals surface area contributed by atoms with E-state index in [1.807, 2.05) is 18.4 Å². The molecule has 1 unspecified atom stereocenters. The number of halogens is 3. The fourth-order valence-corrected chi connectivity index (χ4v) is 3.10. The van der Waals surface area contributed by atoms with Crippen LogP contribution in [0.2, 0.25) is 0 Å². The number of hydrogen-bond donors (Lipinski definition) is 1. The van der Waals surface area contributed by atoms with Crippen molar-refractivity contribution in [3.63, 3.8) is 0 Å². The summed E-state index contributed by atoms with van der Waals surface area (Å²) in [6.07, 6.45) is 0. The molecule has 0 radical (unpaired) electrons. The number of rotatable bonds is 4. The van der Waals surface area contributed by atoms with Crippen LogP contribution in [0.1, 0.15) is 23.4 Å². The average molecular weight is 332 g/mol. The maximum absolute atomic E-state index is 13.6. The van der Waals surface area contributed by atoms with Gasteiger partial charge in [0.15, 0.2) is 0 Å². The second-order valence-electron chi connectivity index (χ2n) is 3.96. The summed E-state index contributed by atoms with van der Waals surface area (Å²) < 4.78 is 27.7. The average Bonchev–Trinajstić information content (AvgIpc) is 2.75. The number of nitrogens with one attached hydrogen (secondary N) is 1. The van der Waals surface area contributed by atoms with Gasteiger partial charge in [-0.05, 0) is 52.5 Å². The molecule has 1 aromatic heterocycles. The minimum atomic E-state index is -0.419. The summed E-state index contributed by atoms with van der Waals surface area (Å²) in [7, 11) is 0. The van der Waals surface area contributed by atoms with Gasteiger partial charge in [0.25, 0.3) is 0 Å². The Morgan fingerprint density at radius 2 is 2.11 bits per heavy atom. The standard InChI is InChI=1S/C13H12BrF2NS/c1-8(10-6-9(15)2-3-12(10)16)17-7-13-11(14)4-5-18-13/h2-6,8,17H,7H2,1H3. The molecule has 0 aliphatic carbocycles. The molecule has 1 nitrogen and oxygen atoms in total. The lowest BCUT2D eigenvalue weighted by atomic mass is 10.1. The van der Waals surface area contributed by atoms with Gasteiger partial charge in [0.2, 0.25) is 0 Å². The Bertz CT molecular complexity index is 542. The molecule has 96 valence electrons. The van der Waals surface area contributed by atoms with Crippen molar-refractivity contribution in [3.8, 4) is 0 Å². The fourth-order valence-electron chi connectivity index (χ4n) is 1.65. The smallest absolute Gasteiger partial charge is 0.128 e. The molecule has 0 saturated carbocycles. The molecule has 0 spiro atoms. The predicted molar refractivity (Wildman–Crippen MR) is 73.6 cm³/mol. The fraction of sp³-hybridized carbons (Fsp3) is 0.231. The van der Waals surface area contributed by atoms with Crippen LogP contribution in [0.15, 0.2) is 34.1 Å². The molecule has 0 amide bonds. The summed E-state index contributed by atoms with van der Waals surface area (Å²) in [4.78, 5) is 1.14. The lowest BCUT2D eigenvalue weighted by Gasteiger charge is -2.14. The number of hydrogen-bond acceptors (Lipinski definition) is 2. The van der Waals surface area contributed by atoms with Crippen LogP contribution in [-0.2, 0) is 6.54 Å². The number of benzene rings is 1. The quantitative estimate of drug-likeness (QED) is 0.860. The third-order valence-electron chi connectivity index (χ3n) is 2.68. The molecule has 0 fully saturated rings. The molecule has 2 aromatic rings. The van der Waals surface area contributed by atoms with E-state index in [0.717, 1.165) is 21.5 Å². The van der Waals surface area contributed by atoms with Gasteiger partial charge in [-0.2, -0.15) is 0 Å². The zero-order valence-electron chi connectivity index (χ0n) is 9.71. The van der Waals surface area contributed by atoms with Crippen molar-refractivity contribution >= 4 is 27.3 Å². The highest BCUT2D eigenvalue weighted by Gasteiger charge is 2.12. The van der Waals surface area contributed by atoms with Crippen LogP contribution < -0.4 is 5.32 Å². The van der Waals surface area contributed by atoms with Gasteiger partial charge in [-0.25, -0.2) is 8.78 Å². The van der Waals surface area contributed by atoms with Gasteiger partial charge in [0, 0.05) is 27.5 Å². The van der Waals surface area contributed by atoms with Crippen molar-refractivity contribution in [2.75, 3.05) is 0 Å². The van der Waals surface area contributed by atoms with E-state index in [-0.39, 0.29) is 11.9 Å². The molecule has 0 bridgehead atoms. The molecule has 18 heavy (non-hydrogen) atoms. The highest BCUT2D eigenvalue weighted by Crippen LogP contribution is 2.24. The van der Waals surface area contributed by atoms with Gasteiger partial charge in [0.05, 0.1) is 0 Å². The van der Waals surface area contributed by atoms with Crippen LogP contribution in [0.4, 0.5) is 8.78 Å². The molecule has 0 saturated heterocycles. The van der Waals surface area contributed by atoms with Gasteiger partial charge >= 0.3 is 0 Å². The Morgan fingerprint density at radius 3 is 2.78 bits per heavy atom. The van der Waals surface area contributed by atoms with Crippen LogP contribution in [0.5, 0.6) is 0 Å². The van der Waals surface area contributed by atoms with Crippen LogP contribution in [-0.4, -0.2) is 0 Å². The van der Waals surface area contributed by atoms with Crippen molar-refractivity contribution in [2.45, 2.75) is 19.5 Å². The van der Waals surface area contributed by atoms with Crippen molar-refractivity contribution in [1.82, 2.24) is 5.32 Å². The largest absolute Gasteiger partial charge is 0.305 e. The van der Waals surface area contributed by atoms with Gasteiger partial charge in [-0.15, -0.1) is 11.3 Å². The zero-order chi connectivity index (χ0) is 13.1. The van der Waals surface area contributed by atoms with Crippen molar-refractivity contribution in [1.29, 1.82) is 0 Å². The first-order chi connectivity index (χ1) is 8.58. The van der Waals surface area contributed by atoms with E-state index in [4.69, 9.17) is 0 Å². The van der Waals surface area contributed by atoms with Gasteiger partial charge in [0.1, 0.15) is 11.6 Å². The topological polar surface area (TPSA) is 12.0 Å². The predicted octanol–water partition coefficient (Wildman–Crippen LogP) is 4.64. The summed E-state index contributed by atoms with van der Waals surface area (Å²) >= 11 is 5.05.